The van der Waals surface area contributed by atoms with Gasteiger partial charge in [0.15, 0.2) is 0 Å². The third-order valence-corrected chi connectivity index (χ3v) is 1.56. The molecule has 0 fully saturated rings. The lowest BCUT2D eigenvalue weighted by atomic mass is 10.3. The molecule has 4 heteroatoms. The summed E-state index contributed by atoms with van der Waals surface area (Å²) in [6, 6.07) is 4.63. The topological polar surface area (TPSA) is 59.3 Å². The molecule has 0 aromatic carbocycles. The van der Waals surface area contributed by atoms with Gasteiger partial charge in [0.2, 0.25) is 0 Å². The molecule has 1 N–H and O–H groups in total. The van der Waals surface area contributed by atoms with Crippen molar-refractivity contribution in [3.05, 3.63) is 46.9 Å². The molecule has 13 heavy (non-hydrogen) atoms. The first kappa shape index (κ1) is 9.25. The maximum atomic E-state index is 11.1. The lowest BCUT2D eigenvalue weighted by Gasteiger charge is -2.03. The molecule has 1 heterocycles. The monoisotopic (exact) mass is 179 g/mol. The molecule has 0 bridgehead atoms. The van der Waals surface area contributed by atoms with Gasteiger partial charge >= 0.3 is 5.97 Å². The van der Waals surface area contributed by atoms with E-state index >= 15 is 0 Å². The zero-order valence-corrected chi connectivity index (χ0v) is 6.93. The molecular formula is C9H9NO3. The molecule has 0 aliphatic carbocycles. The smallest absolute Gasteiger partial charge is 0.332 e. The van der Waals surface area contributed by atoms with Crippen LogP contribution in [0.2, 0.25) is 0 Å². The van der Waals surface area contributed by atoms with Gasteiger partial charge in [-0.2, -0.15) is 0 Å². The van der Waals surface area contributed by atoms with Gasteiger partial charge in [0.05, 0.1) is 6.54 Å². The van der Waals surface area contributed by atoms with E-state index < -0.39 is 5.97 Å². The second-order valence-corrected chi connectivity index (χ2v) is 2.58. The molecule has 68 valence electrons. The van der Waals surface area contributed by atoms with Gasteiger partial charge in [-0.25, -0.2) is 4.79 Å². The van der Waals surface area contributed by atoms with Crippen LogP contribution in [-0.2, 0) is 11.3 Å². The average Bonchev–Trinajstić information content (AvgIpc) is 2.08. The summed E-state index contributed by atoms with van der Waals surface area (Å²) in [5, 5.41) is 8.52. The summed E-state index contributed by atoms with van der Waals surface area (Å²) >= 11 is 0. The Balaban J connectivity index is 2.87. The maximum Gasteiger partial charge on any atom is 0.332 e. The molecule has 0 radical (unpaired) electrons. The van der Waals surface area contributed by atoms with E-state index in [9.17, 15) is 9.59 Å². The Labute approximate surface area is 74.7 Å². The van der Waals surface area contributed by atoms with E-state index in [0.717, 1.165) is 0 Å². The van der Waals surface area contributed by atoms with Gasteiger partial charge in [-0.1, -0.05) is 12.6 Å². The fourth-order valence-electron chi connectivity index (χ4n) is 0.865. The number of aromatic nitrogens is 1. The molecule has 0 saturated heterocycles. The number of carboxylic acid groups (broad SMARTS) is 1. The Morgan fingerprint density at radius 3 is 2.77 bits per heavy atom. The van der Waals surface area contributed by atoms with Crippen LogP contribution >= 0.6 is 0 Å². The van der Waals surface area contributed by atoms with Crippen molar-refractivity contribution in [2.24, 2.45) is 0 Å². The van der Waals surface area contributed by atoms with Crippen LogP contribution in [0.4, 0.5) is 0 Å². The van der Waals surface area contributed by atoms with Crippen molar-refractivity contribution >= 4 is 5.97 Å². The Bertz CT molecular complexity index is 392. The molecule has 1 aromatic rings. The van der Waals surface area contributed by atoms with Crippen molar-refractivity contribution in [3.8, 4) is 0 Å². The number of aliphatic carboxylic acids is 1. The number of nitrogens with zero attached hydrogens (tertiary/aromatic N) is 1. The first-order valence-corrected chi connectivity index (χ1v) is 3.68. The Hall–Kier alpha value is -1.84. The quantitative estimate of drug-likeness (QED) is 0.687. The highest BCUT2D eigenvalue weighted by molar-refractivity contribution is 5.85. The molecule has 0 saturated carbocycles. The fourth-order valence-corrected chi connectivity index (χ4v) is 0.865. The summed E-state index contributed by atoms with van der Waals surface area (Å²) in [6.07, 6.45) is 1.52. The van der Waals surface area contributed by atoms with Gasteiger partial charge in [-0.05, 0) is 6.07 Å². The lowest BCUT2D eigenvalue weighted by molar-refractivity contribution is -0.132. The molecular weight excluding hydrogens is 170 g/mol. The minimum Gasteiger partial charge on any atom is -0.478 e. The van der Waals surface area contributed by atoms with Gasteiger partial charge in [0.25, 0.3) is 5.56 Å². The van der Waals surface area contributed by atoms with Crippen LogP contribution in [0, 0.1) is 0 Å². The van der Waals surface area contributed by atoms with Crippen molar-refractivity contribution in [2.75, 3.05) is 0 Å². The number of carboxylic acids is 1. The largest absolute Gasteiger partial charge is 0.478 e. The molecule has 0 aliphatic heterocycles. The third-order valence-electron chi connectivity index (χ3n) is 1.56. The van der Waals surface area contributed by atoms with Crippen LogP contribution in [0.1, 0.15) is 0 Å². The molecule has 0 unspecified atom stereocenters. The highest BCUT2D eigenvalue weighted by Gasteiger charge is 2.04. The van der Waals surface area contributed by atoms with E-state index in [-0.39, 0.29) is 17.7 Å². The van der Waals surface area contributed by atoms with Crippen LogP contribution in [0.3, 0.4) is 0 Å². The predicted molar refractivity (Wildman–Crippen MR) is 47.5 cm³/mol. The number of rotatable bonds is 3. The first-order valence-electron chi connectivity index (χ1n) is 3.68. The Morgan fingerprint density at radius 2 is 2.23 bits per heavy atom. The van der Waals surface area contributed by atoms with Gasteiger partial charge in [0, 0.05) is 17.8 Å². The van der Waals surface area contributed by atoms with Crippen LogP contribution in [0.15, 0.2) is 41.3 Å². The molecule has 0 aliphatic rings. The van der Waals surface area contributed by atoms with Crippen molar-refractivity contribution in [1.29, 1.82) is 0 Å². The number of pyridine rings is 1. The molecule has 1 aromatic heterocycles. The molecule has 0 atom stereocenters. The number of carbonyl (C=O) groups is 1. The summed E-state index contributed by atoms with van der Waals surface area (Å²) in [4.78, 5) is 21.5. The molecule has 0 spiro atoms. The van der Waals surface area contributed by atoms with E-state index in [1.54, 1.807) is 12.1 Å². The second kappa shape index (κ2) is 3.71. The SMILES string of the molecule is C=C(Cn1ccccc1=O)C(=O)O. The summed E-state index contributed by atoms with van der Waals surface area (Å²) in [5.74, 6) is -1.09. The summed E-state index contributed by atoms with van der Waals surface area (Å²) in [5.41, 5.74) is -0.238. The molecule has 4 nitrogen and oxygen atoms in total. The standard InChI is InChI=1S/C9H9NO3/c1-7(9(12)13)6-10-5-3-2-4-8(10)11/h2-5H,1,6H2,(H,12,13). The zero-order valence-electron chi connectivity index (χ0n) is 6.93. The normalized spacial score (nSPS) is 9.54. The van der Waals surface area contributed by atoms with Crippen molar-refractivity contribution in [1.82, 2.24) is 4.57 Å². The van der Waals surface area contributed by atoms with Gasteiger partial charge in [0.1, 0.15) is 0 Å². The zero-order chi connectivity index (χ0) is 9.84. The van der Waals surface area contributed by atoms with Crippen LogP contribution in [0.25, 0.3) is 0 Å². The Kier molecular flexibility index (Phi) is 2.64. The van der Waals surface area contributed by atoms with Gasteiger partial charge < -0.3 is 9.67 Å². The first-order chi connectivity index (χ1) is 6.11. The molecule has 1 rings (SSSR count). The third kappa shape index (κ3) is 2.30. The van der Waals surface area contributed by atoms with Crippen LogP contribution in [0.5, 0.6) is 0 Å². The predicted octanol–water partition coefficient (Wildman–Crippen LogP) is 0.489. The minimum absolute atomic E-state index is 0.00620. The summed E-state index contributed by atoms with van der Waals surface area (Å²) in [6.45, 7) is 3.35. The van der Waals surface area contributed by atoms with E-state index in [2.05, 4.69) is 6.58 Å². The fraction of sp³-hybridized carbons (Fsp3) is 0.111. The Morgan fingerprint density at radius 1 is 1.54 bits per heavy atom. The minimum atomic E-state index is -1.09. The van der Waals surface area contributed by atoms with E-state index in [1.807, 2.05) is 0 Å². The lowest BCUT2D eigenvalue weighted by Crippen LogP contribution is -2.20. The average molecular weight is 179 g/mol. The van der Waals surface area contributed by atoms with Gasteiger partial charge in [-0.3, -0.25) is 4.79 Å². The number of hydrogen-bond acceptors (Lipinski definition) is 2. The van der Waals surface area contributed by atoms with E-state index in [1.165, 1.54) is 16.8 Å². The van der Waals surface area contributed by atoms with E-state index in [4.69, 9.17) is 5.11 Å². The highest BCUT2D eigenvalue weighted by atomic mass is 16.4. The molecule has 0 amide bonds. The number of hydrogen-bond donors (Lipinski definition) is 1. The van der Waals surface area contributed by atoms with Crippen molar-refractivity contribution < 1.29 is 9.90 Å². The van der Waals surface area contributed by atoms with Crippen LogP contribution in [-0.4, -0.2) is 15.6 Å². The second-order valence-electron chi connectivity index (χ2n) is 2.58. The van der Waals surface area contributed by atoms with Crippen molar-refractivity contribution in [2.45, 2.75) is 6.54 Å². The van der Waals surface area contributed by atoms with Crippen LogP contribution < -0.4 is 5.56 Å². The maximum absolute atomic E-state index is 11.1. The van der Waals surface area contributed by atoms with Gasteiger partial charge in [-0.15, -0.1) is 0 Å². The highest BCUT2D eigenvalue weighted by Crippen LogP contribution is 1.93. The summed E-state index contributed by atoms with van der Waals surface area (Å²) in [7, 11) is 0. The van der Waals surface area contributed by atoms with E-state index in [0.29, 0.717) is 0 Å². The summed E-state index contributed by atoms with van der Waals surface area (Å²) < 4.78 is 1.29. The van der Waals surface area contributed by atoms with Crippen molar-refractivity contribution in [3.63, 3.8) is 0 Å².